The second kappa shape index (κ2) is 5.26. The van der Waals surface area contributed by atoms with Crippen molar-refractivity contribution in [1.82, 2.24) is 10.3 Å². The number of carboxylic acid groups (broad SMARTS) is 1. The minimum Gasteiger partial charge on any atom is -0.478 e. The van der Waals surface area contributed by atoms with Crippen LogP contribution < -0.4 is 5.32 Å². The lowest BCUT2D eigenvalue weighted by atomic mass is 10.2. The molecule has 0 aromatic carbocycles. The van der Waals surface area contributed by atoms with Crippen molar-refractivity contribution in [2.24, 2.45) is 0 Å². The van der Waals surface area contributed by atoms with Crippen LogP contribution in [0.4, 0.5) is 0 Å². The third-order valence-corrected chi connectivity index (χ3v) is 2.06. The van der Waals surface area contributed by atoms with Crippen LogP contribution in [0.5, 0.6) is 0 Å². The summed E-state index contributed by atoms with van der Waals surface area (Å²) in [7, 11) is 0. The summed E-state index contributed by atoms with van der Waals surface area (Å²) in [5.41, 5.74) is 1.04. The van der Waals surface area contributed by atoms with Crippen LogP contribution in [-0.2, 0) is 4.79 Å². The smallest absolute Gasteiger partial charge is 0.332 e. The van der Waals surface area contributed by atoms with Gasteiger partial charge in [-0.05, 0) is 19.1 Å². The zero-order valence-electron chi connectivity index (χ0n) is 8.60. The fourth-order valence-electron chi connectivity index (χ4n) is 1.09. The predicted molar refractivity (Wildman–Crippen MR) is 57.4 cm³/mol. The second-order valence-corrected chi connectivity index (χ2v) is 3.27. The van der Waals surface area contributed by atoms with Crippen molar-refractivity contribution in [3.63, 3.8) is 0 Å². The normalized spacial score (nSPS) is 12.1. The molecule has 2 N–H and O–H groups in total. The fourth-order valence-corrected chi connectivity index (χ4v) is 1.09. The molecule has 80 valence electrons. The molecule has 1 heterocycles. The van der Waals surface area contributed by atoms with E-state index in [2.05, 4.69) is 16.9 Å². The van der Waals surface area contributed by atoms with Crippen LogP contribution >= 0.6 is 0 Å². The molecule has 0 fully saturated rings. The molecule has 0 saturated heterocycles. The molecule has 1 rings (SSSR count). The lowest BCUT2D eigenvalue weighted by Gasteiger charge is -2.12. The van der Waals surface area contributed by atoms with E-state index in [4.69, 9.17) is 5.11 Å². The summed E-state index contributed by atoms with van der Waals surface area (Å²) in [5.74, 6) is -0.976. The molecule has 0 aliphatic heterocycles. The Labute approximate surface area is 88.7 Å². The average Bonchev–Trinajstić information content (AvgIpc) is 2.26. The zero-order valence-corrected chi connectivity index (χ0v) is 8.60. The molecule has 1 atom stereocenters. The first kappa shape index (κ1) is 11.4. The number of hydrogen-bond acceptors (Lipinski definition) is 3. The van der Waals surface area contributed by atoms with Crippen molar-refractivity contribution in [3.8, 4) is 0 Å². The molecule has 15 heavy (non-hydrogen) atoms. The van der Waals surface area contributed by atoms with Gasteiger partial charge in [-0.25, -0.2) is 4.79 Å². The first-order chi connectivity index (χ1) is 7.11. The van der Waals surface area contributed by atoms with Gasteiger partial charge in [0.05, 0.1) is 5.69 Å². The van der Waals surface area contributed by atoms with Crippen LogP contribution in [0.3, 0.4) is 0 Å². The first-order valence-corrected chi connectivity index (χ1v) is 4.66. The maximum Gasteiger partial charge on any atom is 0.332 e. The van der Waals surface area contributed by atoms with E-state index < -0.39 is 5.97 Å². The standard InChI is InChI=1S/C11H14N2O2/c1-8(11(14)15)7-13-9(2)10-5-3-4-6-12-10/h3-6,9,13H,1,7H2,2H3,(H,14,15)/t9-/m0/s1. The molecule has 0 saturated carbocycles. The third kappa shape index (κ3) is 3.52. The highest BCUT2D eigenvalue weighted by molar-refractivity contribution is 5.86. The summed E-state index contributed by atoms with van der Waals surface area (Å²) >= 11 is 0. The molecule has 0 unspecified atom stereocenters. The Bertz CT molecular complexity index is 349. The van der Waals surface area contributed by atoms with Gasteiger partial charge in [0.1, 0.15) is 0 Å². The Hall–Kier alpha value is -1.68. The summed E-state index contributed by atoms with van der Waals surface area (Å²) in [6.07, 6.45) is 1.71. The van der Waals surface area contributed by atoms with Crippen LogP contribution in [0.2, 0.25) is 0 Å². The molecule has 1 aromatic rings. The van der Waals surface area contributed by atoms with Gasteiger partial charge >= 0.3 is 5.97 Å². The van der Waals surface area contributed by atoms with Gasteiger partial charge in [-0.15, -0.1) is 0 Å². The van der Waals surface area contributed by atoms with Gasteiger partial charge in [-0.1, -0.05) is 12.6 Å². The van der Waals surface area contributed by atoms with Crippen LogP contribution in [0, 0.1) is 0 Å². The van der Waals surface area contributed by atoms with Gasteiger partial charge in [-0.2, -0.15) is 0 Å². The Kier molecular flexibility index (Phi) is 4.00. The summed E-state index contributed by atoms with van der Waals surface area (Å²) in [6.45, 7) is 5.62. The van der Waals surface area contributed by atoms with Crippen LogP contribution in [0.15, 0.2) is 36.5 Å². The van der Waals surface area contributed by atoms with Crippen LogP contribution in [-0.4, -0.2) is 22.6 Å². The zero-order chi connectivity index (χ0) is 11.3. The van der Waals surface area contributed by atoms with Gasteiger partial charge in [0.15, 0.2) is 0 Å². The minimum atomic E-state index is -0.976. The lowest BCUT2D eigenvalue weighted by molar-refractivity contribution is -0.132. The number of nitrogens with one attached hydrogen (secondary N) is 1. The topological polar surface area (TPSA) is 62.2 Å². The molecule has 0 radical (unpaired) electrons. The van der Waals surface area contributed by atoms with Crippen molar-refractivity contribution >= 4 is 5.97 Å². The average molecular weight is 206 g/mol. The van der Waals surface area contributed by atoms with E-state index >= 15 is 0 Å². The number of aromatic nitrogens is 1. The highest BCUT2D eigenvalue weighted by Crippen LogP contribution is 2.07. The number of nitrogens with zero attached hydrogens (tertiary/aromatic N) is 1. The number of carbonyl (C=O) groups is 1. The van der Waals surface area contributed by atoms with E-state index in [1.807, 2.05) is 25.1 Å². The summed E-state index contributed by atoms with van der Waals surface area (Å²) < 4.78 is 0. The van der Waals surface area contributed by atoms with Crippen molar-refractivity contribution in [1.29, 1.82) is 0 Å². The Morgan fingerprint density at radius 2 is 2.40 bits per heavy atom. The van der Waals surface area contributed by atoms with Gasteiger partial charge < -0.3 is 10.4 Å². The minimum absolute atomic E-state index is 0.0160. The van der Waals surface area contributed by atoms with E-state index in [-0.39, 0.29) is 18.2 Å². The summed E-state index contributed by atoms with van der Waals surface area (Å²) in [4.78, 5) is 14.7. The molecule has 4 nitrogen and oxygen atoms in total. The molecule has 1 aromatic heterocycles. The number of pyridine rings is 1. The summed E-state index contributed by atoms with van der Waals surface area (Å²) in [6, 6.07) is 5.64. The van der Waals surface area contributed by atoms with Gasteiger partial charge in [0.25, 0.3) is 0 Å². The molecule has 0 aliphatic rings. The molecule has 0 spiro atoms. The highest BCUT2D eigenvalue weighted by atomic mass is 16.4. The van der Waals surface area contributed by atoms with E-state index in [0.717, 1.165) is 5.69 Å². The van der Waals surface area contributed by atoms with Crippen LogP contribution in [0.1, 0.15) is 18.7 Å². The first-order valence-electron chi connectivity index (χ1n) is 4.66. The van der Waals surface area contributed by atoms with Crippen molar-refractivity contribution in [3.05, 3.63) is 42.2 Å². The fraction of sp³-hybridized carbons (Fsp3) is 0.273. The Morgan fingerprint density at radius 1 is 1.67 bits per heavy atom. The maximum atomic E-state index is 10.5. The number of hydrogen-bond donors (Lipinski definition) is 2. The van der Waals surface area contributed by atoms with Crippen molar-refractivity contribution in [2.45, 2.75) is 13.0 Å². The van der Waals surface area contributed by atoms with E-state index in [1.54, 1.807) is 6.20 Å². The number of aliphatic carboxylic acids is 1. The molecule has 0 amide bonds. The SMILES string of the molecule is C=C(CN[C@@H](C)c1ccccn1)C(=O)O. The molecular weight excluding hydrogens is 192 g/mol. The van der Waals surface area contributed by atoms with Crippen LogP contribution in [0.25, 0.3) is 0 Å². The highest BCUT2D eigenvalue weighted by Gasteiger charge is 2.08. The third-order valence-electron chi connectivity index (χ3n) is 2.06. The molecule has 0 aliphatic carbocycles. The van der Waals surface area contributed by atoms with Gasteiger partial charge in [-0.3, -0.25) is 4.98 Å². The largest absolute Gasteiger partial charge is 0.478 e. The molecular formula is C11H14N2O2. The summed E-state index contributed by atoms with van der Waals surface area (Å²) in [5, 5.41) is 11.6. The monoisotopic (exact) mass is 206 g/mol. The van der Waals surface area contributed by atoms with E-state index in [0.29, 0.717) is 0 Å². The van der Waals surface area contributed by atoms with E-state index in [9.17, 15) is 4.79 Å². The Balaban J connectivity index is 2.47. The molecule has 4 heteroatoms. The number of carboxylic acids is 1. The van der Waals surface area contributed by atoms with E-state index in [1.165, 1.54) is 0 Å². The van der Waals surface area contributed by atoms with Gasteiger partial charge in [0, 0.05) is 24.4 Å². The lowest BCUT2D eigenvalue weighted by Crippen LogP contribution is -2.24. The quantitative estimate of drug-likeness (QED) is 0.714. The second-order valence-electron chi connectivity index (χ2n) is 3.27. The number of rotatable bonds is 5. The van der Waals surface area contributed by atoms with Gasteiger partial charge in [0.2, 0.25) is 0 Å². The predicted octanol–water partition coefficient (Wildman–Crippen LogP) is 1.37. The van der Waals surface area contributed by atoms with Crippen molar-refractivity contribution in [2.75, 3.05) is 6.54 Å². The molecule has 0 bridgehead atoms. The maximum absolute atomic E-state index is 10.5. The van der Waals surface area contributed by atoms with Crippen molar-refractivity contribution < 1.29 is 9.90 Å². The Morgan fingerprint density at radius 3 is 2.93 bits per heavy atom.